The molecule has 0 spiro atoms. The van der Waals surface area contributed by atoms with Gasteiger partial charge in [-0.05, 0) is 61.5 Å². The van der Waals surface area contributed by atoms with Crippen molar-refractivity contribution in [2.24, 2.45) is 0 Å². The Hall–Kier alpha value is -5.36. The number of hydrogen-bond acceptors (Lipinski definition) is 8. The molecule has 0 fully saturated rings. The molecule has 6 rings (SSSR count). The predicted octanol–water partition coefficient (Wildman–Crippen LogP) is 5.63. The first-order valence-corrected chi connectivity index (χ1v) is 11.2. The van der Waals surface area contributed by atoms with E-state index in [9.17, 15) is 5.26 Å². The van der Waals surface area contributed by atoms with Crippen LogP contribution in [-0.2, 0) is 0 Å². The summed E-state index contributed by atoms with van der Waals surface area (Å²) >= 11 is 0. The molecule has 5 heterocycles. The van der Waals surface area contributed by atoms with Gasteiger partial charge in [0.25, 0.3) is 0 Å². The number of aryl methyl sites for hydroxylation is 1. The van der Waals surface area contributed by atoms with E-state index in [4.69, 9.17) is 4.98 Å². The van der Waals surface area contributed by atoms with Gasteiger partial charge in [0.05, 0.1) is 34.7 Å². The summed E-state index contributed by atoms with van der Waals surface area (Å²) in [6, 6.07) is 19.1. The van der Waals surface area contributed by atoms with Crippen LogP contribution < -0.4 is 10.6 Å². The fourth-order valence-corrected chi connectivity index (χ4v) is 3.96. The number of imidazole rings is 1. The molecule has 0 bridgehead atoms. The second-order valence-electron chi connectivity index (χ2n) is 8.25. The van der Waals surface area contributed by atoms with Crippen LogP contribution >= 0.6 is 0 Å². The molecule has 0 radical (unpaired) electrons. The molecule has 0 saturated carbocycles. The number of pyridine rings is 4. The lowest BCUT2D eigenvalue weighted by Crippen LogP contribution is -1.96. The van der Waals surface area contributed by atoms with Crippen LogP contribution in [0.2, 0.25) is 0 Å². The van der Waals surface area contributed by atoms with Gasteiger partial charge in [-0.1, -0.05) is 0 Å². The number of fused-ring (bicyclic) bond motifs is 2. The van der Waals surface area contributed by atoms with Gasteiger partial charge < -0.3 is 15.6 Å². The maximum absolute atomic E-state index is 9.24. The van der Waals surface area contributed by atoms with E-state index >= 15 is 0 Å². The lowest BCUT2D eigenvalue weighted by molar-refractivity contribution is 1.20. The Balaban J connectivity index is 1.24. The molecule has 0 aliphatic carbocycles. The topological polar surface area (TPSA) is 128 Å². The van der Waals surface area contributed by atoms with Gasteiger partial charge in [-0.2, -0.15) is 5.26 Å². The number of benzene rings is 1. The standard InChI is InChI=1S/C27H19N9/c1-16-10-19(6-8-29-16)33-20-12-24-27(32-15-20)36-26(35-24)18-3-5-25(31-14-18)34-23-7-9-30-22-4-2-17(13-28)11-21(22)23/h2-12,14-15H,1H3,(H,29,33)(H,30,31,34)(H,32,35,36). The molecule has 5 aromatic heterocycles. The van der Waals surface area contributed by atoms with Gasteiger partial charge in [-0.3, -0.25) is 9.97 Å². The van der Waals surface area contributed by atoms with Crippen LogP contribution in [0.15, 0.2) is 79.4 Å². The highest BCUT2D eigenvalue weighted by molar-refractivity contribution is 5.93. The van der Waals surface area contributed by atoms with E-state index in [1.165, 1.54) is 0 Å². The Morgan fingerprint density at radius 3 is 2.56 bits per heavy atom. The third-order valence-electron chi connectivity index (χ3n) is 5.69. The number of aromatic amines is 1. The van der Waals surface area contributed by atoms with Crippen molar-refractivity contribution in [2.75, 3.05) is 10.6 Å². The van der Waals surface area contributed by atoms with Crippen molar-refractivity contribution in [1.82, 2.24) is 29.9 Å². The molecule has 9 heteroatoms. The van der Waals surface area contributed by atoms with E-state index in [1.807, 2.05) is 55.5 Å². The van der Waals surface area contributed by atoms with Crippen molar-refractivity contribution in [2.45, 2.75) is 6.92 Å². The van der Waals surface area contributed by atoms with Crippen LogP contribution in [0.25, 0.3) is 33.5 Å². The monoisotopic (exact) mass is 469 g/mol. The van der Waals surface area contributed by atoms with E-state index in [0.29, 0.717) is 22.9 Å². The largest absolute Gasteiger partial charge is 0.354 e. The third-order valence-corrected chi connectivity index (χ3v) is 5.69. The normalized spacial score (nSPS) is 10.9. The number of anilines is 4. The van der Waals surface area contributed by atoms with Crippen LogP contribution in [0, 0.1) is 18.3 Å². The first-order chi connectivity index (χ1) is 17.6. The van der Waals surface area contributed by atoms with Crippen molar-refractivity contribution >= 4 is 44.9 Å². The minimum atomic E-state index is 0.578. The molecule has 9 nitrogen and oxygen atoms in total. The number of rotatable bonds is 5. The second-order valence-corrected chi connectivity index (χ2v) is 8.25. The highest BCUT2D eigenvalue weighted by Crippen LogP contribution is 2.27. The van der Waals surface area contributed by atoms with Crippen molar-refractivity contribution in [3.05, 3.63) is 90.6 Å². The SMILES string of the molecule is Cc1cc(Nc2cnc3[nH]c(-c4ccc(Nc5ccnc6ccc(C#N)cc56)nc4)nc3c2)ccn1. The smallest absolute Gasteiger partial charge is 0.157 e. The predicted molar refractivity (Wildman–Crippen MR) is 139 cm³/mol. The lowest BCUT2D eigenvalue weighted by Gasteiger charge is -2.09. The fraction of sp³-hybridized carbons (Fsp3) is 0.0370. The van der Waals surface area contributed by atoms with Crippen LogP contribution in [0.4, 0.5) is 22.9 Å². The molecule has 172 valence electrons. The minimum Gasteiger partial charge on any atom is -0.354 e. The third kappa shape index (κ3) is 4.15. The number of nitrogens with one attached hydrogen (secondary N) is 3. The molecule has 0 aliphatic heterocycles. The van der Waals surface area contributed by atoms with Gasteiger partial charge >= 0.3 is 0 Å². The minimum absolute atomic E-state index is 0.578. The molecule has 36 heavy (non-hydrogen) atoms. The van der Waals surface area contributed by atoms with E-state index in [1.54, 1.807) is 30.9 Å². The van der Waals surface area contributed by atoms with E-state index in [0.717, 1.165) is 44.7 Å². The fourth-order valence-electron chi connectivity index (χ4n) is 3.96. The average molecular weight is 470 g/mol. The molecule has 0 saturated heterocycles. The van der Waals surface area contributed by atoms with Gasteiger partial charge in [0.1, 0.15) is 17.2 Å². The summed E-state index contributed by atoms with van der Waals surface area (Å²) in [5.41, 5.74) is 7.21. The summed E-state index contributed by atoms with van der Waals surface area (Å²) in [7, 11) is 0. The van der Waals surface area contributed by atoms with E-state index < -0.39 is 0 Å². The lowest BCUT2D eigenvalue weighted by atomic mass is 10.1. The van der Waals surface area contributed by atoms with Crippen molar-refractivity contribution in [1.29, 1.82) is 5.26 Å². The van der Waals surface area contributed by atoms with Crippen LogP contribution in [0.5, 0.6) is 0 Å². The van der Waals surface area contributed by atoms with Gasteiger partial charge in [0.2, 0.25) is 0 Å². The molecular weight excluding hydrogens is 450 g/mol. The Morgan fingerprint density at radius 1 is 0.806 bits per heavy atom. The molecule has 3 N–H and O–H groups in total. The highest BCUT2D eigenvalue weighted by Gasteiger charge is 2.10. The maximum Gasteiger partial charge on any atom is 0.157 e. The molecule has 0 unspecified atom stereocenters. The van der Waals surface area contributed by atoms with Crippen molar-refractivity contribution in [3.8, 4) is 17.5 Å². The van der Waals surface area contributed by atoms with Crippen LogP contribution in [0.3, 0.4) is 0 Å². The molecular formula is C27H19N9. The summed E-state index contributed by atoms with van der Waals surface area (Å²) < 4.78 is 0. The zero-order valence-corrected chi connectivity index (χ0v) is 19.2. The van der Waals surface area contributed by atoms with E-state index in [-0.39, 0.29) is 0 Å². The Bertz CT molecular complexity index is 1770. The summed E-state index contributed by atoms with van der Waals surface area (Å²) in [6.07, 6.45) is 7.01. The highest BCUT2D eigenvalue weighted by atomic mass is 15.0. The quantitative estimate of drug-likeness (QED) is 0.296. The first-order valence-electron chi connectivity index (χ1n) is 11.2. The summed E-state index contributed by atoms with van der Waals surface area (Å²) in [6.45, 7) is 1.95. The average Bonchev–Trinajstić information content (AvgIpc) is 3.33. The Labute approximate surface area is 205 Å². The number of nitrogens with zero attached hydrogens (tertiary/aromatic N) is 6. The number of nitriles is 1. The molecule has 1 aromatic carbocycles. The van der Waals surface area contributed by atoms with Gasteiger partial charge in [-0.15, -0.1) is 0 Å². The first kappa shape index (κ1) is 21.2. The van der Waals surface area contributed by atoms with Crippen molar-refractivity contribution < 1.29 is 0 Å². The number of H-pyrrole nitrogens is 1. The zero-order valence-electron chi connectivity index (χ0n) is 19.2. The Kier molecular flexibility index (Phi) is 5.16. The number of hydrogen-bond donors (Lipinski definition) is 3. The Morgan fingerprint density at radius 2 is 1.72 bits per heavy atom. The van der Waals surface area contributed by atoms with Crippen LogP contribution in [-0.4, -0.2) is 29.9 Å². The molecule has 0 amide bonds. The summed E-state index contributed by atoms with van der Waals surface area (Å²) in [5.74, 6) is 1.35. The summed E-state index contributed by atoms with van der Waals surface area (Å²) in [5, 5.41) is 16.8. The van der Waals surface area contributed by atoms with Crippen LogP contribution in [0.1, 0.15) is 11.3 Å². The number of aromatic nitrogens is 6. The van der Waals surface area contributed by atoms with Gasteiger partial charge in [-0.25, -0.2) is 15.0 Å². The second kappa shape index (κ2) is 8.77. The molecule has 0 atom stereocenters. The zero-order chi connectivity index (χ0) is 24.5. The maximum atomic E-state index is 9.24. The van der Waals surface area contributed by atoms with E-state index in [2.05, 4.69) is 41.6 Å². The van der Waals surface area contributed by atoms with Gasteiger partial charge in [0.15, 0.2) is 5.65 Å². The van der Waals surface area contributed by atoms with Crippen molar-refractivity contribution in [3.63, 3.8) is 0 Å². The van der Waals surface area contributed by atoms with Gasteiger partial charge in [0, 0.05) is 40.9 Å². The molecule has 6 aromatic rings. The molecule has 0 aliphatic rings. The summed E-state index contributed by atoms with van der Waals surface area (Å²) in [4.78, 5) is 25.6.